The van der Waals surface area contributed by atoms with E-state index in [2.05, 4.69) is 10.6 Å². The van der Waals surface area contributed by atoms with E-state index in [1.165, 1.54) is 0 Å². The van der Waals surface area contributed by atoms with Crippen LogP contribution in [-0.2, 0) is 9.59 Å². The van der Waals surface area contributed by atoms with Gasteiger partial charge in [-0.05, 0) is 36.2 Å². The van der Waals surface area contributed by atoms with Crippen molar-refractivity contribution >= 4 is 23.4 Å². The van der Waals surface area contributed by atoms with Gasteiger partial charge in [-0.3, -0.25) is 9.59 Å². The molecule has 0 saturated heterocycles. The van der Waals surface area contributed by atoms with Crippen molar-refractivity contribution in [2.45, 2.75) is 19.4 Å². The molecule has 25 heavy (non-hydrogen) atoms. The highest BCUT2D eigenvalue weighted by Crippen LogP contribution is 2.18. The van der Waals surface area contributed by atoms with Gasteiger partial charge in [-0.15, -0.1) is 0 Å². The van der Waals surface area contributed by atoms with Crippen LogP contribution in [-0.4, -0.2) is 25.0 Å². The molecule has 0 heterocycles. The highest BCUT2D eigenvalue weighted by Gasteiger charge is 2.13. The summed E-state index contributed by atoms with van der Waals surface area (Å²) in [4.78, 5) is 23.8. The summed E-state index contributed by atoms with van der Waals surface area (Å²) < 4.78 is 5.33. The average molecular weight is 361 g/mol. The van der Waals surface area contributed by atoms with Crippen LogP contribution in [0.1, 0.15) is 24.9 Å². The van der Waals surface area contributed by atoms with Crippen molar-refractivity contribution < 1.29 is 14.3 Å². The minimum absolute atomic E-state index is 0.0962. The number of nitrogens with one attached hydrogen (secondary N) is 2. The van der Waals surface area contributed by atoms with Crippen molar-refractivity contribution in [2.24, 2.45) is 0 Å². The smallest absolute Gasteiger partial charge is 0.258 e. The van der Waals surface area contributed by atoms with Gasteiger partial charge in [0, 0.05) is 5.02 Å². The molecule has 0 aliphatic rings. The van der Waals surface area contributed by atoms with Crippen molar-refractivity contribution in [3.8, 4) is 5.75 Å². The fourth-order valence-electron chi connectivity index (χ4n) is 2.26. The summed E-state index contributed by atoms with van der Waals surface area (Å²) in [5.74, 6) is 0.00397. The third-order valence-corrected chi connectivity index (χ3v) is 3.83. The fourth-order valence-corrected chi connectivity index (χ4v) is 2.38. The molecule has 0 spiro atoms. The SMILES string of the molecule is CCC(NC(=O)CNC(=O)COc1ccccc1)c1ccc(Cl)cc1. The molecule has 0 aliphatic heterocycles. The molecule has 2 rings (SSSR count). The highest BCUT2D eigenvalue weighted by molar-refractivity contribution is 6.30. The van der Waals surface area contributed by atoms with E-state index in [1.54, 1.807) is 24.3 Å². The van der Waals surface area contributed by atoms with Gasteiger partial charge in [-0.25, -0.2) is 0 Å². The lowest BCUT2D eigenvalue weighted by Crippen LogP contribution is -2.40. The number of hydrogen-bond acceptors (Lipinski definition) is 3. The number of amides is 2. The van der Waals surface area contributed by atoms with Gasteiger partial charge in [0.25, 0.3) is 5.91 Å². The Bertz CT molecular complexity index is 690. The lowest BCUT2D eigenvalue weighted by molar-refractivity contribution is -0.127. The Balaban J connectivity index is 1.75. The maximum Gasteiger partial charge on any atom is 0.258 e. The van der Waals surface area contributed by atoms with Crippen molar-refractivity contribution in [1.82, 2.24) is 10.6 Å². The minimum atomic E-state index is -0.349. The van der Waals surface area contributed by atoms with E-state index in [0.717, 1.165) is 12.0 Å². The summed E-state index contributed by atoms with van der Waals surface area (Å²) in [6.45, 7) is 1.75. The molecule has 0 bridgehead atoms. The molecule has 0 saturated carbocycles. The number of carbonyl (C=O) groups excluding carboxylic acids is 2. The zero-order valence-corrected chi connectivity index (χ0v) is 14.8. The van der Waals surface area contributed by atoms with E-state index < -0.39 is 0 Å². The number of carbonyl (C=O) groups is 2. The van der Waals surface area contributed by atoms with Gasteiger partial charge in [-0.1, -0.05) is 48.9 Å². The summed E-state index contributed by atoms with van der Waals surface area (Å²) in [6.07, 6.45) is 0.735. The monoisotopic (exact) mass is 360 g/mol. The van der Waals surface area contributed by atoms with Gasteiger partial charge in [0.15, 0.2) is 6.61 Å². The maximum absolute atomic E-state index is 12.0. The van der Waals surface area contributed by atoms with Gasteiger partial charge in [-0.2, -0.15) is 0 Å². The van der Waals surface area contributed by atoms with Crippen molar-refractivity contribution in [3.05, 3.63) is 65.2 Å². The molecular formula is C19H21ClN2O3. The molecular weight excluding hydrogens is 340 g/mol. The maximum atomic E-state index is 12.0. The quantitative estimate of drug-likeness (QED) is 0.760. The van der Waals surface area contributed by atoms with Crippen LogP contribution in [0.4, 0.5) is 0 Å². The Morgan fingerprint density at radius 1 is 1.04 bits per heavy atom. The van der Waals surface area contributed by atoms with Crippen LogP contribution in [0.25, 0.3) is 0 Å². The Morgan fingerprint density at radius 2 is 1.72 bits per heavy atom. The van der Waals surface area contributed by atoms with Crippen LogP contribution in [0, 0.1) is 0 Å². The first-order valence-electron chi connectivity index (χ1n) is 8.08. The molecule has 0 aliphatic carbocycles. The number of para-hydroxylation sites is 1. The van der Waals surface area contributed by atoms with Crippen LogP contribution in [0.15, 0.2) is 54.6 Å². The predicted octanol–water partition coefficient (Wildman–Crippen LogP) is 3.10. The largest absolute Gasteiger partial charge is 0.484 e. The van der Waals surface area contributed by atoms with E-state index in [9.17, 15) is 9.59 Å². The first-order chi connectivity index (χ1) is 12.1. The Hall–Kier alpha value is -2.53. The molecule has 2 aromatic carbocycles. The second-order valence-corrected chi connectivity index (χ2v) is 5.89. The fraction of sp³-hybridized carbons (Fsp3) is 0.263. The van der Waals surface area contributed by atoms with Crippen LogP contribution >= 0.6 is 11.6 Å². The summed E-state index contributed by atoms with van der Waals surface area (Å²) in [7, 11) is 0. The zero-order valence-electron chi connectivity index (χ0n) is 14.0. The first-order valence-corrected chi connectivity index (χ1v) is 8.45. The van der Waals surface area contributed by atoms with E-state index in [4.69, 9.17) is 16.3 Å². The van der Waals surface area contributed by atoms with Gasteiger partial charge in [0.2, 0.25) is 5.91 Å². The van der Waals surface area contributed by atoms with E-state index in [-0.39, 0.29) is 31.0 Å². The van der Waals surface area contributed by atoms with Crippen molar-refractivity contribution in [2.75, 3.05) is 13.2 Å². The first kappa shape index (κ1) is 18.8. The lowest BCUT2D eigenvalue weighted by Gasteiger charge is -2.18. The average Bonchev–Trinajstić information content (AvgIpc) is 2.64. The molecule has 0 radical (unpaired) electrons. The minimum Gasteiger partial charge on any atom is -0.484 e. The van der Waals surface area contributed by atoms with Crippen LogP contribution in [0.5, 0.6) is 5.75 Å². The second-order valence-electron chi connectivity index (χ2n) is 5.46. The third kappa shape index (κ3) is 6.47. The molecule has 1 unspecified atom stereocenters. The number of hydrogen-bond donors (Lipinski definition) is 2. The molecule has 0 aromatic heterocycles. The second kappa shape index (κ2) is 9.69. The van der Waals surface area contributed by atoms with Gasteiger partial charge in [0.1, 0.15) is 5.75 Å². The Morgan fingerprint density at radius 3 is 2.36 bits per heavy atom. The molecule has 5 nitrogen and oxygen atoms in total. The summed E-state index contributed by atoms with van der Waals surface area (Å²) in [5.41, 5.74) is 0.971. The van der Waals surface area contributed by atoms with E-state index in [1.807, 2.05) is 37.3 Å². The molecule has 2 aromatic rings. The summed E-state index contributed by atoms with van der Waals surface area (Å²) in [5, 5.41) is 6.09. The predicted molar refractivity (Wildman–Crippen MR) is 97.6 cm³/mol. The molecule has 0 fully saturated rings. The Kier molecular flexibility index (Phi) is 7.29. The van der Waals surface area contributed by atoms with Crippen LogP contribution < -0.4 is 15.4 Å². The molecule has 2 N–H and O–H groups in total. The van der Waals surface area contributed by atoms with E-state index >= 15 is 0 Å². The standard InChI is InChI=1S/C19H21ClN2O3/c1-2-17(14-8-10-15(20)11-9-14)22-18(23)12-21-19(24)13-25-16-6-4-3-5-7-16/h3-11,17H,2,12-13H2,1H3,(H,21,24)(H,22,23). The lowest BCUT2D eigenvalue weighted by atomic mass is 10.0. The third-order valence-electron chi connectivity index (χ3n) is 3.58. The molecule has 132 valence electrons. The normalized spacial score (nSPS) is 11.4. The van der Waals surface area contributed by atoms with Crippen molar-refractivity contribution in [1.29, 1.82) is 0 Å². The topological polar surface area (TPSA) is 67.4 Å². The summed E-state index contributed by atoms with van der Waals surface area (Å²) in [6, 6.07) is 16.2. The zero-order chi connectivity index (χ0) is 18.1. The molecule has 1 atom stereocenters. The number of halogens is 1. The van der Waals surface area contributed by atoms with Gasteiger partial charge < -0.3 is 15.4 Å². The van der Waals surface area contributed by atoms with Crippen molar-refractivity contribution in [3.63, 3.8) is 0 Å². The molecule has 6 heteroatoms. The van der Waals surface area contributed by atoms with Gasteiger partial charge in [0.05, 0.1) is 12.6 Å². The van der Waals surface area contributed by atoms with Gasteiger partial charge >= 0.3 is 0 Å². The number of rotatable bonds is 8. The number of ether oxygens (including phenoxy) is 1. The molecule has 2 amide bonds. The van der Waals surface area contributed by atoms with E-state index in [0.29, 0.717) is 10.8 Å². The number of benzene rings is 2. The Labute approximate surface area is 152 Å². The summed E-state index contributed by atoms with van der Waals surface area (Å²) >= 11 is 5.88. The highest BCUT2D eigenvalue weighted by atomic mass is 35.5. The van der Waals surface area contributed by atoms with Crippen LogP contribution in [0.3, 0.4) is 0 Å². The van der Waals surface area contributed by atoms with Crippen LogP contribution in [0.2, 0.25) is 5.02 Å².